The Morgan fingerprint density at radius 2 is 2.19 bits per heavy atom. The molecule has 1 saturated heterocycles. The van der Waals surface area contributed by atoms with Crippen LogP contribution in [0.5, 0.6) is 0 Å². The van der Waals surface area contributed by atoms with E-state index < -0.39 is 5.60 Å². The Hall–Kier alpha value is -1.07. The standard InChI is InChI=1S/C16H26N2O2S/c1-11-6-7-13(21-11)14(17-5)12-8-9-18(10-12)15(19)20-16(2,3)4/h6-7,12,14,17H,8-10H2,1-5H3. The number of aryl methyl sites for hydroxylation is 1. The highest BCUT2D eigenvalue weighted by molar-refractivity contribution is 7.12. The van der Waals surface area contributed by atoms with E-state index in [2.05, 4.69) is 24.4 Å². The van der Waals surface area contributed by atoms with Crippen LogP contribution in [-0.4, -0.2) is 36.7 Å². The van der Waals surface area contributed by atoms with Gasteiger partial charge in [-0.2, -0.15) is 0 Å². The molecule has 1 fully saturated rings. The van der Waals surface area contributed by atoms with Crippen molar-refractivity contribution in [2.75, 3.05) is 20.1 Å². The first-order valence-electron chi connectivity index (χ1n) is 7.51. The third kappa shape index (κ3) is 4.20. The van der Waals surface area contributed by atoms with E-state index in [1.165, 1.54) is 9.75 Å². The third-order valence-corrected chi connectivity index (χ3v) is 4.81. The number of hydrogen-bond donors (Lipinski definition) is 1. The molecular formula is C16H26N2O2S. The van der Waals surface area contributed by atoms with E-state index in [1.807, 2.05) is 44.1 Å². The molecule has 0 radical (unpaired) electrons. The first-order valence-corrected chi connectivity index (χ1v) is 8.33. The molecule has 0 saturated carbocycles. The molecule has 1 aromatic rings. The number of ether oxygens (including phenoxy) is 1. The summed E-state index contributed by atoms with van der Waals surface area (Å²) in [5.74, 6) is 0.445. The van der Waals surface area contributed by atoms with E-state index in [-0.39, 0.29) is 6.09 Å². The second-order valence-electron chi connectivity index (χ2n) is 6.69. The van der Waals surface area contributed by atoms with Crippen molar-refractivity contribution in [2.45, 2.75) is 45.8 Å². The smallest absolute Gasteiger partial charge is 0.410 e. The summed E-state index contributed by atoms with van der Waals surface area (Å²) in [6, 6.07) is 4.67. The molecule has 0 aliphatic carbocycles. The van der Waals surface area contributed by atoms with Gasteiger partial charge in [-0.25, -0.2) is 4.79 Å². The molecule has 0 bridgehead atoms. The van der Waals surface area contributed by atoms with Gasteiger partial charge >= 0.3 is 6.09 Å². The van der Waals surface area contributed by atoms with Gasteiger partial charge in [0, 0.05) is 28.9 Å². The van der Waals surface area contributed by atoms with Crippen LogP contribution in [0.25, 0.3) is 0 Å². The van der Waals surface area contributed by atoms with Gasteiger partial charge in [0.25, 0.3) is 0 Å². The minimum atomic E-state index is -0.428. The highest BCUT2D eigenvalue weighted by Crippen LogP contribution is 2.34. The van der Waals surface area contributed by atoms with E-state index in [4.69, 9.17) is 4.74 Å². The van der Waals surface area contributed by atoms with Crippen molar-refractivity contribution < 1.29 is 9.53 Å². The molecule has 2 heterocycles. The van der Waals surface area contributed by atoms with Gasteiger partial charge in [0.2, 0.25) is 0 Å². The quantitative estimate of drug-likeness (QED) is 0.928. The second kappa shape index (κ2) is 6.36. The Morgan fingerprint density at radius 1 is 1.48 bits per heavy atom. The minimum Gasteiger partial charge on any atom is -0.444 e. The molecule has 0 aromatic carbocycles. The summed E-state index contributed by atoms with van der Waals surface area (Å²) < 4.78 is 5.46. The van der Waals surface area contributed by atoms with Gasteiger partial charge in [0.05, 0.1) is 0 Å². The lowest BCUT2D eigenvalue weighted by Crippen LogP contribution is -2.36. The van der Waals surface area contributed by atoms with Crippen molar-refractivity contribution in [3.05, 3.63) is 21.9 Å². The molecule has 1 aliphatic heterocycles. The van der Waals surface area contributed by atoms with Crippen molar-refractivity contribution in [1.82, 2.24) is 10.2 Å². The van der Waals surface area contributed by atoms with Crippen LogP contribution in [0.15, 0.2) is 12.1 Å². The number of hydrogen-bond acceptors (Lipinski definition) is 4. The number of nitrogens with zero attached hydrogens (tertiary/aromatic N) is 1. The predicted octanol–water partition coefficient (Wildman–Crippen LogP) is 3.57. The Balaban J connectivity index is 1.99. The lowest BCUT2D eigenvalue weighted by Gasteiger charge is -2.26. The zero-order valence-corrected chi connectivity index (χ0v) is 14.4. The number of carbonyl (C=O) groups is 1. The predicted molar refractivity (Wildman–Crippen MR) is 86.8 cm³/mol. The van der Waals surface area contributed by atoms with Crippen molar-refractivity contribution >= 4 is 17.4 Å². The zero-order chi connectivity index (χ0) is 15.6. The lowest BCUT2D eigenvalue weighted by atomic mass is 9.98. The summed E-state index contributed by atoms with van der Waals surface area (Å²) in [6.45, 7) is 9.39. The average molecular weight is 310 g/mol. The van der Waals surface area contributed by atoms with Gasteiger partial charge in [0.15, 0.2) is 0 Å². The maximum absolute atomic E-state index is 12.1. The zero-order valence-electron chi connectivity index (χ0n) is 13.6. The van der Waals surface area contributed by atoms with Crippen LogP contribution < -0.4 is 5.32 Å². The molecule has 118 valence electrons. The molecule has 1 aliphatic rings. The molecule has 1 aromatic heterocycles. The first-order chi connectivity index (χ1) is 9.80. The summed E-state index contributed by atoms with van der Waals surface area (Å²) in [6.07, 6.45) is 0.823. The largest absolute Gasteiger partial charge is 0.444 e. The van der Waals surface area contributed by atoms with Gasteiger partial charge in [-0.3, -0.25) is 0 Å². The first kappa shape index (κ1) is 16.3. The molecule has 4 nitrogen and oxygen atoms in total. The van der Waals surface area contributed by atoms with Gasteiger partial charge in [-0.15, -0.1) is 11.3 Å². The number of nitrogens with one attached hydrogen (secondary N) is 1. The minimum absolute atomic E-state index is 0.192. The van der Waals surface area contributed by atoms with E-state index in [1.54, 1.807) is 0 Å². The topological polar surface area (TPSA) is 41.6 Å². The van der Waals surface area contributed by atoms with E-state index in [0.29, 0.717) is 12.0 Å². The summed E-state index contributed by atoms with van der Waals surface area (Å²) in [7, 11) is 2.00. The summed E-state index contributed by atoms with van der Waals surface area (Å²) in [4.78, 5) is 16.7. The van der Waals surface area contributed by atoms with Crippen LogP contribution in [0, 0.1) is 12.8 Å². The maximum Gasteiger partial charge on any atom is 0.410 e. The van der Waals surface area contributed by atoms with Gasteiger partial charge < -0.3 is 15.0 Å². The van der Waals surface area contributed by atoms with Crippen LogP contribution in [0.3, 0.4) is 0 Å². The van der Waals surface area contributed by atoms with Crippen LogP contribution in [0.4, 0.5) is 4.79 Å². The summed E-state index contributed by atoms with van der Waals surface area (Å²) in [5, 5.41) is 3.41. The molecule has 1 amide bonds. The summed E-state index contributed by atoms with van der Waals surface area (Å²) in [5.41, 5.74) is -0.428. The second-order valence-corrected chi connectivity index (χ2v) is 8.01. The fourth-order valence-electron chi connectivity index (χ4n) is 2.78. The third-order valence-electron chi connectivity index (χ3n) is 3.73. The van der Waals surface area contributed by atoms with Gasteiger partial charge in [-0.1, -0.05) is 0 Å². The van der Waals surface area contributed by atoms with Crippen molar-refractivity contribution in [2.24, 2.45) is 5.92 Å². The Morgan fingerprint density at radius 3 is 2.71 bits per heavy atom. The molecule has 0 spiro atoms. The van der Waals surface area contributed by atoms with Gasteiger partial charge in [-0.05, 0) is 59.2 Å². The Labute approximate surface area is 131 Å². The van der Waals surface area contributed by atoms with Crippen LogP contribution >= 0.6 is 11.3 Å². The van der Waals surface area contributed by atoms with Crippen LogP contribution in [0.1, 0.15) is 43.0 Å². The monoisotopic (exact) mass is 310 g/mol. The fraction of sp³-hybridized carbons (Fsp3) is 0.688. The van der Waals surface area contributed by atoms with Crippen molar-refractivity contribution in [1.29, 1.82) is 0 Å². The molecule has 2 unspecified atom stereocenters. The number of rotatable bonds is 3. The van der Waals surface area contributed by atoms with Crippen LogP contribution in [0.2, 0.25) is 0 Å². The lowest BCUT2D eigenvalue weighted by molar-refractivity contribution is 0.0285. The molecule has 21 heavy (non-hydrogen) atoms. The van der Waals surface area contributed by atoms with Gasteiger partial charge in [0.1, 0.15) is 5.60 Å². The fourth-order valence-corrected chi connectivity index (χ4v) is 3.86. The number of amides is 1. The van der Waals surface area contributed by atoms with Crippen molar-refractivity contribution in [3.63, 3.8) is 0 Å². The number of thiophene rings is 1. The molecule has 2 rings (SSSR count). The molecule has 1 N–H and O–H groups in total. The molecular weight excluding hydrogens is 284 g/mol. The maximum atomic E-state index is 12.1. The molecule has 5 heteroatoms. The highest BCUT2D eigenvalue weighted by atomic mass is 32.1. The number of likely N-dealkylation sites (tertiary alicyclic amines) is 1. The van der Waals surface area contributed by atoms with E-state index in [0.717, 1.165) is 19.5 Å². The normalized spacial score (nSPS) is 20.6. The Bertz CT molecular complexity index is 493. The summed E-state index contributed by atoms with van der Waals surface area (Å²) >= 11 is 1.83. The van der Waals surface area contributed by atoms with Crippen molar-refractivity contribution in [3.8, 4) is 0 Å². The Kier molecular flexibility index (Phi) is 4.94. The number of carbonyl (C=O) groups excluding carboxylic acids is 1. The average Bonchev–Trinajstić information content (AvgIpc) is 2.98. The molecule has 2 atom stereocenters. The van der Waals surface area contributed by atoms with E-state index >= 15 is 0 Å². The highest BCUT2D eigenvalue weighted by Gasteiger charge is 2.34. The van der Waals surface area contributed by atoms with Crippen LogP contribution in [-0.2, 0) is 4.74 Å². The van der Waals surface area contributed by atoms with E-state index in [9.17, 15) is 4.79 Å². The SMILES string of the molecule is CNC(c1ccc(C)s1)C1CCN(C(=O)OC(C)(C)C)C1.